The number of aromatic hydroxyl groups is 1. The van der Waals surface area contributed by atoms with Crippen molar-refractivity contribution in [1.29, 1.82) is 0 Å². The molecule has 1 heterocycles. The highest BCUT2D eigenvalue weighted by molar-refractivity contribution is 7.99. The van der Waals surface area contributed by atoms with Gasteiger partial charge >= 0.3 is 0 Å². The van der Waals surface area contributed by atoms with E-state index < -0.39 is 0 Å². The molecule has 2 rings (SSSR count). The second-order valence-corrected chi connectivity index (χ2v) is 5.66. The van der Waals surface area contributed by atoms with Crippen LogP contribution in [0.5, 0.6) is 5.75 Å². The number of nitrogens with zero attached hydrogens (tertiary/aromatic N) is 5. The van der Waals surface area contributed by atoms with Gasteiger partial charge in [-0.3, -0.25) is 4.79 Å². The summed E-state index contributed by atoms with van der Waals surface area (Å²) in [6.45, 7) is 0.523. The van der Waals surface area contributed by atoms with E-state index in [4.69, 9.17) is 0 Å². The Morgan fingerprint density at radius 2 is 2.10 bits per heavy atom. The zero-order valence-electron chi connectivity index (χ0n) is 11.9. The molecule has 1 amide bonds. The van der Waals surface area contributed by atoms with E-state index in [9.17, 15) is 9.90 Å². The highest BCUT2D eigenvalue weighted by atomic mass is 32.2. The number of aryl methyl sites for hydroxylation is 1. The fourth-order valence-corrected chi connectivity index (χ4v) is 2.50. The number of phenols is 1. The predicted octanol–water partition coefficient (Wildman–Crippen LogP) is 1.06. The molecule has 0 saturated heterocycles. The maximum atomic E-state index is 12.0. The Bertz CT molecular complexity index is 599. The van der Waals surface area contributed by atoms with Crippen LogP contribution < -0.4 is 0 Å². The zero-order valence-corrected chi connectivity index (χ0v) is 12.7. The number of hydrogen-bond acceptors (Lipinski definition) is 6. The van der Waals surface area contributed by atoms with Gasteiger partial charge in [-0.1, -0.05) is 23.9 Å². The molecule has 8 heteroatoms. The second-order valence-electron chi connectivity index (χ2n) is 4.60. The summed E-state index contributed by atoms with van der Waals surface area (Å²) >= 11 is 1.45. The van der Waals surface area contributed by atoms with Crippen molar-refractivity contribution in [2.45, 2.75) is 18.1 Å². The van der Waals surface area contributed by atoms with E-state index in [1.165, 1.54) is 11.8 Å². The molecule has 112 valence electrons. The summed E-state index contributed by atoms with van der Waals surface area (Å²) in [4.78, 5) is 13.7. The first-order chi connectivity index (χ1) is 10.1. The molecule has 21 heavy (non-hydrogen) atoms. The molecule has 1 N–H and O–H groups in total. The van der Waals surface area contributed by atoms with Gasteiger partial charge in [-0.2, -0.15) is 0 Å². The smallest absolute Gasteiger partial charge is 0.223 e. The normalized spacial score (nSPS) is 10.6. The fourth-order valence-electron chi connectivity index (χ4n) is 1.73. The molecular formula is C13H17N5O2S. The third-order valence-electron chi connectivity index (χ3n) is 2.91. The molecule has 0 unspecified atom stereocenters. The number of amides is 1. The van der Waals surface area contributed by atoms with Crippen LogP contribution in [0.25, 0.3) is 0 Å². The van der Waals surface area contributed by atoms with Crippen molar-refractivity contribution >= 4 is 17.7 Å². The average molecular weight is 307 g/mol. The Kier molecular flexibility index (Phi) is 5.15. The van der Waals surface area contributed by atoms with Crippen molar-refractivity contribution < 1.29 is 9.90 Å². The quantitative estimate of drug-likeness (QED) is 0.803. The van der Waals surface area contributed by atoms with Crippen LogP contribution >= 0.6 is 11.8 Å². The van der Waals surface area contributed by atoms with Crippen molar-refractivity contribution in [3.8, 4) is 5.75 Å². The lowest BCUT2D eigenvalue weighted by molar-refractivity contribution is -0.129. The van der Waals surface area contributed by atoms with Crippen LogP contribution in [0.15, 0.2) is 29.4 Å². The first kappa shape index (κ1) is 15.3. The van der Waals surface area contributed by atoms with E-state index in [0.29, 0.717) is 23.9 Å². The van der Waals surface area contributed by atoms with Crippen LogP contribution in [-0.4, -0.2) is 48.9 Å². The molecule has 0 aliphatic heterocycles. The van der Waals surface area contributed by atoms with Gasteiger partial charge < -0.3 is 10.0 Å². The van der Waals surface area contributed by atoms with Gasteiger partial charge in [0.1, 0.15) is 5.75 Å². The van der Waals surface area contributed by atoms with Crippen molar-refractivity contribution in [2.75, 3.05) is 12.8 Å². The number of benzene rings is 1. The zero-order chi connectivity index (χ0) is 15.2. The maximum Gasteiger partial charge on any atom is 0.223 e. The minimum Gasteiger partial charge on any atom is -0.508 e. The van der Waals surface area contributed by atoms with E-state index >= 15 is 0 Å². The van der Waals surface area contributed by atoms with Crippen molar-refractivity contribution in [2.24, 2.45) is 7.05 Å². The molecule has 0 radical (unpaired) electrons. The van der Waals surface area contributed by atoms with Gasteiger partial charge in [-0.25, -0.2) is 4.68 Å². The third kappa shape index (κ3) is 4.45. The predicted molar refractivity (Wildman–Crippen MR) is 78.7 cm³/mol. The molecule has 0 bridgehead atoms. The van der Waals surface area contributed by atoms with E-state index in [1.54, 1.807) is 47.9 Å². The highest BCUT2D eigenvalue weighted by Crippen LogP contribution is 2.15. The van der Waals surface area contributed by atoms with Crippen molar-refractivity contribution in [3.05, 3.63) is 29.8 Å². The lowest BCUT2D eigenvalue weighted by atomic mass is 10.2. The third-order valence-corrected chi connectivity index (χ3v) is 3.92. The number of tetrazole rings is 1. The van der Waals surface area contributed by atoms with Crippen LogP contribution in [0.3, 0.4) is 0 Å². The molecule has 0 fully saturated rings. The van der Waals surface area contributed by atoms with Crippen LogP contribution in [0.4, 0.5) is 0 Å². The number of carbonyl (C=O) groups excluding carboxylic acids is 1. The van der Waals surface area contributed by atoms with Gasteiger partial charge in [0.25, 0.3) is 0 Å². The molecular weight excluding hydrogens is 290 g/mol. The Hall–Kier alpha value is -2.09. The Labute approximate surface area is 127 Å². The molecule has 0 aliphatic rings. The molecule has 1 aromatic heterocycles. The van der Waals surface area contributed by atoms with Crippen molar-refractivity contribution in [1.82, 2.24) is 25.1 Å². The molecule has 0 saturated carbocycles. The molecule has 0 atom stereocenters. The lowest BCUT2D eigenvalue weighted by Gasteiger charge is -2.17. The molecule has 0 aliphatic carbocycles. The Balaban J connectivity index is 1.77. The van der Waals surface area contributed by atoms with Gasteiger partial charge in [0, 0.05) is 32.8 Å². The summed E-state index contributed by atoms with van der Waals surface area (Å²) in [6.07, 6.45) is 0.423. The van der Waals surface area contributed by atoms with Crippen LogP contribution in [0.2, 0.25) is 0 Å². The minimum atomic E-state index is 0.0608. The van der Waals surface area contributed by atoms with E-state index in [-0.39, 0.29) is 11.7 Å². The second kappa shape index (κ2) is 7.07. The first-order valence-electron chi connectivity index (χ1n) is 6.43. The number of phenolic OH excluding ortho intramolecular Hbond substituents is 1. The average Bonchev–Trinajstić information content (AvgIpc) is 2.87. The Morgan fingerprint density at radius 3 is 2.71 bits per heavy atom. The standard InChI is InChI=1S/C13H17N5O2S/c1-17(9-10-3-5-11(19)6-4-10)12(20)7-8-21-13-14-15-16-18(13)2/h3-6,19H,7-9H2,1-2H3. The number of carbonyl (C=O) groups is 1. The minimum absolute atomic E-state index is 0.0608. The Morgan fingerprint density at radius 1 is 1.38 bits per heavy atom. The van der Waals surface area contributed by atoms with Gasteiger partial charge in [0.15, 0.2) is 0 Å². The van der Waals surface area contributed by atoms with E-state index in [2.05, 4.69) is 15.5 Å². The molecule has 2 aromatic rings. The summed E-state index contributed by atoms with van der Waals surface area (Å²) in [7, 11) is 3.53. The summed E-state index contributed by atoms with van der Waals surface area (Å²) in [5, 5.41) is 21.1. The lowest BCUT2D eigenvalue weighted by Crippen LogP contribution is -2.26. The summed E-state index contributed by atoms with van der Waals surface area (Å²) in [6, 6.07) is 6.84. The topological polar surface area (TPSA) is 84.1 Å². The number of rotatable bonds is 6. The van der Waals surface area contributed by atoms with Gasteiger partial charge in [0.05, 0.1) is 0 Å². The summed E-state index contributed by atoms with van der Waals surface area (Å²) in [5.74, 6) is 0.916. The van der Waals surface area contributed by atoms with Gasteiger partial charge in [-0.15, -0.1) is 5.10 Å². The van der Waals surface area contributed by atoms with Crippen molar-refractivity contribution in [3.63, 3.8) is 0 Å². The number of hydrogen-bond donors (Lipinski definition) is 1. The number of aromatic nitrogens is 4. The molecule has 0 spiro atoms. The van der Waals surface area contributed by atoms with E-state index in [1.807, 2.05) is 0 Å². The fraction of sp³-hybridized carbons (Fsp3) is 0.385. The molecule has 1 aromatic carbocycles. The maximum absolute atomic E-state index is 12.0. The monoisotopic (exact) mass is 307 g/mol. The SMILES string of the molecule is CN(Cc1ccc(O)cc1)C(=O)CCSc1nnnn1C. The van der Waals surface area contributed by atoms with E-state index in [0.717, 1.165) is 5.56 Å². The van der Waals surface area contributed by atoms with Crippen LogP contribution in [0, 0.1) is 0 Å². The first-order valence-corrected chi connectivity index (χ1v) is 7.42. The largest absolute Gasteiger partial charge is 0.508 e. The molecule has 7 nitrogen and oxygen atoms in total. The summed E-state index contributed by atoms with van der Waals surface area (Å²) < 4.78 is 1.58. The van der Waals surface area contributed by atoms with Crippen LogP contribution in [0.1, 0.15) is 12.0 Å². The number of thioether (sulfide) groups is 1. The van der Waals surface area contributed by atoms with Gasteiger partial charge in [0.2, 0.25) is 11.1 Å². The van der Waals surface area contributed by atoms with Crippen LogP contribution in [-0.2, 0) is 18.4 Å². The summed E-state index contributed by atoms with van der Waals surface area (Å²) in [5.41, 5.74) is 0.980. The highest BCUT2D eigenvalue weighted by Gasteiger charge is 2.11. The van der Waals surface area contributed by atoms with Gasteiger partial charge in [-0.05, 0) is 28.1 Å².